The summed E-state index contributed by atoms with van der Waals surface area (Å²) in [6.07, 6.45) is 1.95. The highest BCUT2D eigenvalue weighted by atomic mass is 32.2. The summed E-state index contributed by atoms with van der Waals surface area (Å²) in [5.74, 6) is 0.784. The summed E-state index contributed by atoms with van der Waals surface area (Å²) in [6, 6.07) is 6.77. The molecule has 0 amide bonds. The summed E-state index contributed by atoms with van der Waals surface area (Å²) in [5.41, 5.74) is 6.33. The molecule has 0 atom stereocenters. The maximum absolute atomic E-state index is 12.2. The molecular weight excluding hydrogens is 256 g/mol. The maximum atomic E-state index is 12.2. The zero-order valence-electron chi connectivity index (χ0n) is 10.1. The van der Waals surface area contributed by atoms with Crippen molar-refractivity contribution in [2.45, 2.75) is 11.4 Å². The standard InChI is InChI=1S/C11H18N2O2S2/c1-13(6-7-16-2)17(14,15)11-5-3-4-10(8-11)9-12/h3-5,8H,6-7,9,12H2,1-2H3. The number of rotatable bonds is 6. The Bertz CT molecular complexity index is 460. The first-order valence-corrected chi connectivity index (χ1v) is 8.10. The molecule has 96 valence electrons. The average Bonchev–Trinajstić information content (AvgIpc) is 2.35. The molecule has 0 aliphatic carbocycles. The number of nitrogens with two attached hydrogens (primary N) is 1. The van der Waals surface area contributed by atoms with Gasteiger partial charge in [0.05, 0.1) is 4.90 Å². The molecule has 2 N–H and O–H groups in total. The number of benzene rings is 1. The van der Waals surface area contributed by atoms with Crippen molar-refractivity contribution in [2.24, 2.45) is 5.73 Å². The van der Waals surface area contributed by atoms with Crippen molar-refractivity contribution >= 4 is 21.8 Å². The van der Waals surface area contributed by atoms with Gasteiger partial charge in [0, 0.05) is 25.9 Å². The van der Waals surface area contributed by atoms with Crippen LogP contribution in [0.4, 0.5) is 0 Å². The van der Waals surface area contributed by atoms with Crippen LogP contribution >= 0.6 is 11.8 Å². The van der Waals surface area contributed by atoms with E-state index in [1.54, 1.807) is 37.0 Å². The van der Waals surface area contributed by atoms with E-state index in [0.717, 1.165) is 11.3 Å². The Morgan fingerprint density at radius 3 is 2.71 bits per heavy atom. The Morgan fingerprint density at radius 2 is 2.12 bits per heavy atom. The highest BCUT2D eigenvalue weighted by Crippen LogP contribution is 2.16. The van der Waals surface area contributed by atoms with Gasteiger partial charge in [-0.25, -0.2) is 12.7 Å². The van der Waals surface area contributed by atoms with E-state index in [4.69, 9.17) is 5.73 Å². The number of thioether (sulfide) groups is 1. The van der Waals surface area contributed by atoms with E-state index >= 15 is 0 Å². The van der Waals surface area contributed by atoms with E-state index in [1.165, 1.54) is 4.31 Å². The number of hydrogen-bond acceptors (Lipinski definition) is 4. The minimum atomic E-state index is -3.38. The van der Waals surface area contributed by atoms with E-state index in [-0.39, 0.29) is 0 Å². The van der Waals surface area contributed by atoms with Crippen molar-refractivity contribution < 1.29 is 8.42 Å². The summed E-state index contributed by atoms with van der Waals surface area (Å²) < 4.78 is 25.7. The summed E-state index contributed by atoms with van der Waals surface area (Å²) >= 11 is 1.62. The van der Waals surface area contributed by atoms with Gasteiger partial charge in [-0.05, 0) is 24.0 Å². The van der Waals surface area contributed by atoms with Crippen LogP contribution in [0.2, 0.25) is 0 Å². The molecule has 0 radical (unpaired) electrons. The monoisotopic (exact) mass is 274 g/mol. The highest BCUT2D eigenvalue weighted by molar-refractivity contribution is 7.98. The quantitative estimate of drug-likeness (QED) is 0.844. The molecule has 0 bridgehead atoms. The second kappa shape index (κ2) is 6.39. The first-order chi connectivity index (χ1) is 8.02. The van der Waals surface area contributed by atoms with Crippen LogP contribution in [0, 0.1) is 0 Å². The first-order valence-electron chi connectivity index (χ1n) is 5.26. The van der Waals surface area contributed by atoms with Crippen molar-refractivity contribution in [1.29, 1.82) is 0 Å². The van der Waals surface area contributed by atoms with Gasteiger partial charge in [-0.3, -0.25) is 0 Å². The van der Waals surface area contributed by atoms with Gasteiger partial charge >= 0.3 is 0 Å². The third kappa shape index (κ3) is 3.70. The van der Waals surface area contributed by atoms with Crippen molar-refractivity contribution in [2.75, 3.05) is 25.6 Å². The van der Waals surface area contributed by atoms with Crippen LogP contribution in [0.5, 0.6) is 0 Å². The van der Waals surface area contributed by atoms with Crippen molar-refractivity contribution in [3.63, 3.8) is 0 Å². The molecule has 1 aromatic carbocycles. The van der Waals surface area contributed by atoms with Gasteiger partial charge in [0.15, 0.2) is 0 Å². The van der Waals surface area contributed by atoms with Gasteiger partial charge < -0.3 is 5.73 Å². The van der Waals surface area contributed by atoms with Gasteiger partial charge in [-0.2, -0.15) is 11.8 Å². The lowest BCUT2D eigenvalue weighted by Gasteiger charge is -2.16. The van der Waals surface area contributed by atoms with E-state index in [2.05, 4.69) is 0 Å². The van der Waals surface area contributed by atoms with Crippen LogP contribution in [0.1, 0.15) is 5.56 Å². The fourth-order valence-electron chi connectivity index (χ4n) is 1.35. The minimum Gasteiger partial charge on any atom is -0.326 e. The van der Waals surface area contributed by atoms with Crippen molar-refractivity contribution in [3.05, 3.63) is 29.8 Å². The second-order valence-electron chi connectivity index (χ2n) is 3.67. The van der Waals surface area contributed by atoms with Crippen LogP contribution < -0.4 is 5.73 Å². The van der Waals surface area contributed by atoms with Crippen molar-refractivity contribution in [1.82, 2.24) is 4.31 Å². The Morgan fingerprint density at radius 1 is 1.41 bits per heavy atom. The average molecular weight is 274 g/mol. The number of hydrogen-bond donors (Lipinski definition) is 1. The molecule has 17 heavy (non-hydrogen) atoms. The first kappa shape index (κ1) is 14.5. The highest BCUT2D eigenvalue weighted by Gasteiger charge is 2.20. The molecule has 0 saturated heterocycles. The van der Waals surface area contributed by atoms with E-state index in [1.807, 2.05) is 12.3 Å². The normalized spacial score (nSPS) is 12.0. The third-order valence-electron chi connectivity index (χ3n) is 2.45. The zero-order chi connectivity index (χ0) is 12.9. The number of nitrogens with zero attached hydrogens (tertiary/aromatic N) is 1. The summed E-state index contributed by atoms with van der Waals surface area (Å²) in [6.45, 7) is 0.855. The summed E-state index contributed by atoms with van der Waals surface area (Å²) in [5, 5.41) is 0. The molecule has 0 spiro atoms. The van der Waals surface area contributed by atoms with Crippen LogP contribution in [-0.4, -0.2) is 38.3 Å². The van der Waals surface area contributed by atoms with Crippen LogP contribution in [0.3, 0.4) is 0 Å². The lowest BCUT2D eigenvalue weighted by Crippen LogP contribution is -2.29. The minimum absolute atomic E-state index is 0.309. The van der Waals surface area contributed by atoms with Gasteiger partial charge in [-0.15, -0.1) is 0 Å². The lowest BCUT2D eigenvalue weighted by atomic mass is 10.2. The second-order valence-corrected chi connectivity index (χ2v) is 6.70. The Hall–Kier alpha value is -0.560. The van der Waals surface area contributed by atoms with E-state index in [9.17, 15) is 8.42 Å². The van der Waals surface area contributed by atoms with Crippen molar-refractivity contribution in [3.8, 4) is 0 Å². The molecule has 0 aliphatic rings. The largest absolute Gasteiger partial charge is 0.326 e. The maximum Gasteiger partial charge on any atom is 0.242 e. The zero-order valence-corrected chi connectivity index (χ0v) is 11.7. The van der Waals surface area contributed by atoms with Crippen LogP contribution in [0.15, 0.2) is 29.2 Å². The number of sulfonamides is 1. The molecule has 0 saturated carbocycles. The van der Waals surface area contributed by atoms with Crippen LogP contribution in [0.25, 0.3) is 0 Å². The Labute approximate surface area is 107 Å². The van der Waals surface area contributed by atoms with Gasteiger partial charge in [0.1, 0.15) is 0 Å². The molecule has 1 rings (SSSR count). The molecule has 6 heteroatoms. The van der Waals surface area contributed by atoms with E-state index in [0.29, 0.717) is 18.0 Å². The molecule has 0 aliphatic heterocycles. The summed E-state index contributed by atoms with van der Waals surface area (Å²) in [4.78, 5) is 0.309. The predicted molar refractivity (Wildman–Crippen MR) is 72.5 cm³/mol. The molecule has 1 aromatic rings. The molecular formula is C11H18N2O2S2. The third-order valence-corrected chi connectivity index (χ3v) is 4.90. The fourth-order valence-corrected chi connectivity index (χ4v) is 3.17. The molecule has 0 heterocycles. The van der Waals surface area contributed by atoms with Gasteiger partial charge in [0.25, 0.3) is 0 Å². The molecule has 0 fully saturated rings. The topological polar surface area (TPSA) is 63.4 Å². The fraction of sp³-hybridized carbons (Fsp3) is 0.455. The summed E-state index contributed by atoms with van der Waals surface area (Å²) in [7, 11) is -1.78. The molecule has 0 aromatic heterocycles. The van der Waals surface area contributed by atoms with E-state index < -0.39 is 10.0 Å². The lowest BCUT2D eigenvalue weighted by molar-refractivity contribution is 0.488. The van der Waals surface area contributed by atoms with Gasteiger partial charge in [-0.1, -0.05) is 12.1 Å². The smallest absolute Gasteiger partial charge is 0.242 e. The molecule has 0 unspecified atom stereocenters. The van der Waals surface area contributed by atoms with Crippen LogP contribution in [-0.2, 0) is 16.6 Å². The Kier molecular flexibility index (Phi) is 5.45. The predicted octanol–water partition coefficient (Wildman–Crippen LogP) is 1.13. The van der Waals surface area contributed by atoms with Gasteiger partial charge in [0.2, 0.25) is 10.0 Å². The SMILES string of the molecule is CSCCN(C)S(=O)(=O)c1cccc(CN)c1. The Balaban J connectivity index is 2.95. The molecule has 4 nitrogen and oxygen atoms in total.